The summed E-state index contributed by atoms with van der Waals surface area (Å²) in [4.78, 5) is 11.2. The highest BCUT2D eigenvalue weighted by Gasteiger charge is 2.34. The van der Waals surface area contributed by atoms with Crippen molar-refractivity contribution in [3.8, 4) is 0 Å². The monoisotopic (exact) mass is 336 g/mol. The average molecular weight is 337 g/mol. The minimum atomic E-state index is -2.29. The van der Waals surface area contributed by atoms with Crippen molar-refractivity contribution in [2.24, 2.45) is 0 Å². The van der Waals surface area contributed by atoms with E-state index in [4.69, 9.17) is 21.4 Å². The standard InChI is InChI=1S/C17H33ClO4/c1-2-3-4-5-6-7-8-9-10-11-12-13-14-22-16(20)17(18,21)15-19/h19,21H,2-15H2,1H3. The third-order valence-electron chi connectivity index (χ3n) is 3.75. The van der Waals surface area contributed by atoms with Crippen LogP contribution in [-0.2, 0) is 9.53 Å². The number of aliphatic hydroxyl groups is 2. The van der Waals surface area contributed by atoms with Gasteiger partial charge in [-0.05, 0) is 6.42 Å². The molecule has 0 amide bonds. The van der Waals surface area contributed by atoms with Crippen LogP contribution in [0.2, 0.25) is 0 Å². The van der Waals surface area contributed by atoms with Crippen molar-refractivity contribution < 1.29 is 19.7 Å². The summed E-state index contributed by atoms with van der Waals surface area (Å²) in [5.41, 5.74) is 0. The van der Waals surface area contributed by atoms with Crippen LogP contribution in [0.15, 0.2) is 0 Å². The lowest BCUT2D eigenvalue weighted by Gasteiger charge is -2.15. The van der Waals surface area contributed by atoms with Gasteiger partial charge < -0.3 is 14.9 Å². The Bertz CT molecular complexity index is 269. The van der Waals surface area contributed by atoms with E-state index in [1.807, 2.05) is 0 Å². The van der Waals surface area contributed by atoms with Gasteiger partial charge in [0.15, 0.2) is 0 Å². The fourth-order valence-corrected chi connectivity index (χ4v) is 2.34. The second kappa shape index (κ2) is 14.3. The molecule has 2 N–H and O–H groups in total. The molecule has 132 valence electrons. The Kier molecular flexibility index (Phi) is 14.1. The maximum atomic E-state index is 11.2. The molecule has 0 bridgehead atoms. The zero-order valence-corrected chi connectivity index (χ0v) is 14.7. The van der Waals surface area contributed by atoms with Crippen molar-refractivity contribution in [2.75, 3.05) is 13.2 Å². The Labute approximate surface area is 140 Å². The van der Waals surface area contributed by atoms with Gasteiger partial charge in [-0.15, -0.1) is 0 Å². The topological polar surface area (TPSA) is 66.8 Å². The molecular weight excluding hydrogens is 304 g/mol. The van der Waals surface area contributed by atoms with Gasteiger partial charge in [0.25, 0.3) is 5.06 Å². The molecule has 0 aromatic carbocycles. The van der Waals surface area contributed by atoms with Crippen LogP contribution in [0.4, 0.5) is 0 Å². The van der Waals surface area contributed by atoms with Crippen LogP contribution in [0.25, 0.3) is 0 Å². The molecule has 0 aliphatic heterocycles. The third-order valence-corrected chi connectivity index (χ3v) is 4.03. The number of carbonyl (C=O) groups is 1. The molecular formula is C17H33ClO4. The first-order valence-electron chi connectivity index (χ1n) is 8.74. The lowest BCUT2D eigenvalue weighted by atomic mass is 10.1. The highest BCUT2D eigenvalue weighted by Crippen LogP contribution is 2.14. The van der Waals surface area contributed by atoms with E-state index < -0.39 is 17.6 Å². The molecule has 1 unspecified atom stereocenters. The van der Waals surface area contributed by atoms with Crippen LogP contribution >= 0.6 is 11.6 Å². The first-order chi connectivity index (χ1) is 10.5. The second-order valence-corrected chi connectivity index (χ2v) is 6.57. The highest BCUT2D eigenvalue weighted by atomic mass is 35.5. The smallest absolute Gasteiger partial charge is 0.356 e. The summed E-state index contributed by atoms with van der Waals surface area (Å²) >= 11 is 5.35. The van der Waals surface area contributed by atoms with Crippen LogP contribution in [0.3, 0.4) is 0 Å². The lowest BCUT2D eigenvalue weighted by Crippen LogP contribution is -2.38. The first kappa shape index (κ1) is 21.7. The number of ether oxygens (including phenoxy) is 1. The zero-order valence-electron chi connectivity index (χ0n) is 14.0. The van der Waals surface area contributed by atoms with E-state index >= 15 is 0 Å². The number of aliphatic hydroxyl groups excluding tert-OH is 1. The molecule has 0 spiro atoms. The molecule has 0 radical (unpaired) electrons. The van der Waals surface area contributed by atoms with Gasteiger partial charge in [-0.3, -0.25) is 0 Å². The van der Waals surface area contributed by atoms with E-state index in [1.165, 1.54) is 57.8 Å². The maximum Gasteiger partial charge on any atom is 0.356 e. The minimum absolute atomic E-state index is 0.241. The molecule has 0 aromatic rings. The Balaban J connectivity index is 3.23. The maximum absolute atomic E-state index is 11.2. The fourth-order valence-electron chi connectivity index (χ4n) is 2.28. The van der Waals surface area contributed by atoms with Gasteiger partial charge in [0.2, 0.25) is 0 Å². The molecule has 0 aromatic heterocycles. The molecule has 1 atom stereocenters. The van der Waals surface area contributed by atoms with Gasteiger partial charge in [-0.2, -0.15) is 0 Å². The Morgan fingerprint density at radius 1 is 0.909 bits per heavy atom. The highest BCUT2D eigenvalue weighted by molar-refractivity contribution is 6.32. The lowest BCUT2D eigenvalue weighted by molar-refractivity contribution is -0.159. The van der Waals surface area contributed by atoms with E-state index in [1.54, 1.807) is 0 Å². The van der Waals surface area contributed by atoms with Crippen LogP contribution in [0, 0.1) is 0 Å². The van der Waals surface area contributed by atoms with Crippen molar-refractivity contribution >= 4 is 17.6 Å². The van der Waals surface area contributed by atoms with E-state index in [0.29, 0.717) is 0 Å². The summed E-state index contributed by atoms with van der Waals surface area (Å²) < 4.78 is 4.81. The van der Waals surface area contributed by atoms with Crippen LogP contribution < -0.4 is 0 Å². The van der Waals surface area contributed by atoms with Gasteiger partial charge in [0.05, 0.1) is 13.2 Å². The molecule has 5 heteroatoms. The number of rotatable bonds is 15. The zero-order chi connectivity index (χ0) is 16.7. The molecule has 22 heavy (non-hydrogen) atoms. The van der Waals surface area contributed by atoms with Gasteiger partial charge in [-0.1, -0.05) is 89.2 Å². The van der Waals surface area contributed by atoms with E-state index in [-0.39, 0.29) is 6.61 Å². The summed E-state index contributed by atoms with van der Waals surface area (Å²) in [6, 6.07) is 0. The second-order valence-electron chi connectivity index (χ2n) is 5.94. The van der Waals surface area contributed by atoms with Crippen molar-refractivity contribution in [2.45, 2.75) is 89.0 Å². The number of esters is 1. The molecule has 0 heterocycles. The van der Waals surface area contributed by atoms with E-state index in [2.05, 4.69) is 6.92 Å². The molecule has 0 saturated carbocycles. The number of carbonyl (C=O) groups excluding carboxylic acids is 1. The van der Waals surface area contributed by atoms with E-state index in [9.17, 15) is 9.90 Å². The molecule has 0 fully saturated rings. The quantitative estimate of drug-likeness (QED) is 0.268. The van der Waals surface area contributed by atoms with Crippen molar-refractivity contribution in [1.82, 2.24) is 0 Å². The average Bonchev–Trinajstić information content (AvgIpc) is 2.51. The molecule has 4 nitrogen and oxygen atoms in total. The van der Waals surface area contributed by atoms with Gasteiger partial charge in [0, 0.05) is 0 Å². The van der Waals surface area contributed by atoms with E-state index in [0.717, 1.165) is 19.3 Å². The summed E-state index contributed by atoms with van der Waals surface area (Å²) in [6.45, 7) is 1.64. The predicted molar refractivity (Wildman–Crippen MR) is 89.9 cm³/mol. The summed E-state index contributed by atoms with van der Waals surface area (Å²) in [5.74, 6) is -0.972. The number of unbranched alkanes of at least 4 members (excludes halogenated alkanes) is 11. The van der Waals surface area contributed by atoms with Crippen LogP contribution in [0.5, 0.6) is 0 Å². The van der Waals surface area contributed by atoms with Crippen molar-refractivity contribution in [1.29, 1.82) is 0 Å². The normalized spacial score (nSPS) is 13.8. The number of halogens is 1. The van der Waals surface area contributed by atoms with Crippen molar-refractivity contribution in [3.05, 3.63) is 0 Å². The summed E-state index contributed by atoms with van der Waals surface area (Å²) in [7, 11) is 0. The first-order valence-corrected chi connectivity index (χ1v) is 9.11. The Morgan fingerprint density at radius 3 is 1.73 bits per heavy atom. The molecule has 0 saturated heterocycles. The summed E-state index contributed by atoms with van der Waals surface area (Å²) in [5, 5.41) is 15.6. The minimum Gasteiger partial charge on any atom is -0.463 e. The van der Waals surface area contributed by atoms with Crippen LogP contribution in [0.1, 0.15) is 84.0 Å². The Morgan fingerprint density at radius 2 is 1.32 bits per heavy atom. The fraction of sp³-hybridized carbons (Fsp3) is 0.941. The number of hydrogen-bond acceptors (Lipinski definition) is 4. The molecule has 0 aliphatic rings. The van der Waals surface area contributed by atoms with Crippen LogP contribution in [-0.4, -0.2) is 34.5 Å². The predicted octanol–water partition coefficient (Wildman–Crippen LogP) is 4.15. The SMILES string of the molecule is CCCCCCCCCCCCCCOC(=O)C(O)(Cl)CO. The number of hydrogen-bond donors (Lipinski definition) is 2. The third kappa shape index (κ3) is 12.2. The Hall–Kier alpha value is -0.320. The largest absolute Gasteiger partial charge is 0.463 e. The van der Waals surface area contributed by atoms with Gasteiger partial charge >= 0.3 is 5.97 Å². The molecule has 0 rings (SSSR count). The van der Waals surface area contributed by atoms with Crippen molar-refractivity contribution in [3.63, 3.8) is 0 Å². The van der Waals surface area contributed by atoms with Gasteiger partial charge in [0.1, 0.15) is 0 Å². The molecule has 0 aliphatic carbocycles. The summed E-state index contributed by atoms with van der Waals surface area (Å²) in [6.07, 6.45) is 14.9. The van der Waals surface area contributed by atoms with Gasteiger partial charge in [-0.25, -0.2) is 4.79 Å². The number of alkyl halides is 1.